The molecule has 2 rings (SSSR count). The maximum Gasteiger partial charge on any atom is 0.324 e. The summed E-state index contributed by atoms with van der Waals surface area (Å²) >= 11 is 0. The lowest BCUT2D eigenvalue weighted by Gasteiger charge is -2.15. The van der Waals surface area contributed by atoms with Gasteiger partial charge in [0.05, 0.1) is 6.04 Å². The molecule has 0 aromatic heterocycles. The molecule has 4 heteroatoms. The average Bonchev–Trinajstić information content (AvgIpc) is 2.52. The van der Waals surface area contributed by atoms with Crippen LogP contribution in [0.15, 0.2) is 36.4 Å². The van der Waals surface area contributed by atoms with Crippen LogP contribution in [0.2, 0.25) is 0 Å². The fourth-order valence-electron chi connectivity index (χ4n) is 1.71. The van der Waals surface area contributed by atoms with Gasteiger partial charge in [-0.1, -0.05) is 42.5 Å². The number of benzene rings is 1. The molecule has 0 saturated carbocycles. The number of nitrogens with two attached hydrogens (primary N) is 1. The molecule has 1 aromatic carbocycles. The maximum atomic E-state index is 11.4. The van der Waals surface area contributed by atoms with E-state index < -0.39 is 6.04 Å². The van der Waals surface area contributed by atoms with Crippen LogP contribution in [0.25, 0.3) is 6.08 Å². The third-order valence-corrected chi connectivity index (χ3v) is 2.68. The third-order valence-electron chi connectivity index (χ3n) is 2.68. The lowest BCUT2D eigenvalue weighted by molar-refractivity contribution is -0.143. The zero-order chi connectivity index (χ0) is 12.1. The number of esters is 1. The molecule has 0 amide bonds. The topological polar surface area (TPSA) is 64.4 Å². The Morgan fingerprint density at radius 2 is 2.12 bits per heavy atom. The van der Waals surface area contributed by atoms with Gasteiger partial charge in [0.25, 0.3) is 0 Å². The van der Waals surface area contributed by atoms with Crippen LogP contribution in [0.5, 0.6) is 0 Å². The van der Waals surface area contributed by atoms with E-state index in [0.29, 0.717) is 13.2 Å². The van der Waals surface area contributed by atoms with E-state index in [1.165, 1.54) is 0 Å². The average molecular weight is 232 g/mol. The summed E-state index contributed by atoms with van der Waals surface area (Å²) in [5, 5.41) is 3.17. The molecule has 0 aliphatic carbocycles. The molecule has 90 valence electrons. The summed E-state index contributed by atoms with van der Waals surface area (Å²) < 4.78 is 4.94. The van der Waals surface area contributed by atoms with Gasteiger partial charge in [-0.05, 0) is 5.56 Å². The minimum absolute atomic E-state index is 0.176. The fraction of sp³-hybridized carbons (Fsp3) is 0.308. The van der Waals surface area contributed by atoms with Crippen molar-refractivity contribution in [1.29, 1.82) is 0 Å². The molecule has 0 spiro atoms. The van der Waals surface area contributed by atoms with E-state index in [4.69, 9.17) is 10.5 Å². The number of hydrogen-bond acceptors (Lipinski definition) is 4. The molecular weight excluding hydrogens is 216 g/mol. The Bertz CT molecular complexity index is 403. The molecule has 1 aromatic rings. The first kappa shape index (κ1) is 11.8. The highest BCUT2D eigenvalue weighted by Crippen LogP contribution is 2.05. The Labute approximate surface area is 100 Å². The molecule has 3 N–H and O–H groups in total. The van der Waals surface area contributed by atoms with Crippen molar-refractivity contribution in [2.24, 2.45) is 5.73 Å². The van der Waals surface area contributed by atoms with Crippen LogP contribution in [-0.4, -0.2) is 31.2 Å². The van der Waals surface area contributed by atoms with E-state index in [2.05, 4.69) is 5.32 Å². The quantitative estimate of drug-likeness (QED) is 0.731. The Hall–Kier alpha value is -1.65. The van der Waals surface area contributed by atoms with Gasteiger partial charge in [-0.15, -0.1) is 0 Å². The highest BCUT2D eigenvalue weighted by atomic mass is 16.5. The normalized spacial score (nSPS) is 25.6. The van der Waals surface area contributed by atoms with Crippen molar-refractivity contribution in [3.05, 3.63) is 42.0 Å². The Kier molecular flexibility index (Phi) is 3.90. The zero-order valence-corrected chi connectivity index (χ0v) is 9.50. The third kappa shape index (κ3) is 3.15. The monoisotopic (exact) mass is 232 g/mol. The highest BCUT2D eigenvalue weighted by Gasteiger charge is 2.26. The number of ether oxygens (including phenoxy) is 1. The van der Waals surface area contributed by atoms with E-state index >= 15 is 0 Å². The minimum atomic E-state index is -0.641. The van der Waals surface area contributed by atoms with Gasteiger partial charge in [0.15, 0.2) is 0 Å². The summed E-state index contributed by atoms with van der Waals surface area (Å²) in [7, 11) is 0. The van der Waals surface area contributed by atoms with Crippen molar-refractivity contribution in [2.75, 3.05) is 13.2 Å². The summed E-state index contributed by atoms with van der Waals surface area (Å²) in [5.41, 5.74) is 6.88. The molecule has 1 saturated heterocycles. The number of carbonyl (C=O) groups excluding carboxylic acids is 1. The van der Waals surface area contributed by atoms with Crippen LogP contribution < -0.4 is 11.1 Å². The molecule has 1 aliphatic rings. The Balaban J connectivity index is 2.06. The fourth-order valence-corrected chi connectivity index (χ4v) is 1.71. The second kappa shape index (κ2) is 5.61. The van der Waals surface area contributed by atoms with Gasteiger partial charge in [-0.2, -0.15) is 0 Å². The van der Waals surface area contributed by atoms with Crippen LogP contribution in [0, 0.1) is 0 Å². The zero-order valence-electron chi connectivity index (χ0n) is 9.50. The van der Waals surface area contributed by atoms with Gasteiger partial charge >= 0.3 is 5.97 Å². The van der Waals surface area contributed by atoms with Crippen LogP contribution in [0.1, 0.15) is 5.56 Å². The largest absolute Gasteiger partial charge is 0.463 e. The Morgan fingerprint density at radius 3 is 2.88 bits per heavy atom. The van der Waals surface area contributed by atoms with Gasteiger partial charge in [0.2, 0.25) is 0 Å². The number of hydrogen-bond donors (Lipinski definition) is 2. The van der Waals surface area contributed by atoms with Crippen LogP contribution >= 0.6 is 0 Å². The van der Waals surface area contributed by atoms with Crippen molar-refractivity contribution >= 4 is 12.0 Å². The van der Waals surface area contributed by atoms with Crippen molar-refractivity contribution in [2.45, 2.75) is 12.1 Å². The first-order chi connectivity index (χ1) is 8.27. The molecule has 0 radical (unpaired) electrons. The maximum absolute atomic E-state index is 11.4. The molecule has 1 aliphatic heterocycles. The molecule has 17 heavy (non-hydrogen) atoms. The second-order valence-corrected chi connectivity index (χ2v) is 3.94. The summed E-state index contributed by atoms with van der Waals surface area (Å²) in [6, 6.07) is 9.07. The molecular formula is C13H16N2O2. The first-order valence-electron chi connectivity index (χ1n) is 5.66. The molecule has 4 nitrogen and oxygen atoms in total. The van der Waals surface area contributed by atoms with Gasteiger partial charge in [0, 0.05) is 6.54 Å². The number of rotatable bonds is 2. The Morgan fingerprint density at radius 1 is 1.35 bits per heavy atom. The minimum Gasteiger partial charge on any atom is -0.463 e. The smallest absolute Gasteiger partial charge is 0.324 e. The number of carbonyl (C=O) groups is 1. The van der Waals surface area contributed by atoms with E-state index in [9.17, 15) is 4.79 Å². The van der Waals surface area contributed by atoms with Gasteiger partial charge in [0.1, 0.15) is 12.6 Å². The SMILES string of the molecule is N[C@@H]1C(=O)OCCN[C@@H]1/C=C/c1ccccc1. The second-order valence-electron chi connectivity index (χ2n) is 3.94. The predicted octanol–water partition coefficient (Wildman–Crippen LogP) is 0.542. The van der Waals surface area contributed by atoms with Crippen molar-refractivity contribution in [3.8, 4) is 0 Å². The van der Waals surface area contributed by atoms with Crippen LogP contribution in [-0.2, 0) is 9.53 Å². The molecule has 0 unspecified atom stereocenters. The number of nitrogens with one attached hydrogen (secondary N) is 1. The van der Waals surface area contributed by atoms with Crippen LogP contribution in [0.3, 0.4) is 0 Å². The highest BCUT2D eigenvalue weighted by molar-refractivity contribution is 5.77. The van der Waals surface area contributed by atoms with Gasteiger partial charge in [-0.25, -0.2) is 0 Å². The van der Waals surface area contributed by atoms with E-state index in [0.717, 1.165) is 5.56 Å². The molecule has 1 heterocycles. The van der Waals surface area contributed by atoms with Gasteiger partial charge in [-0.3, -0.25) is 4.79 Å². The van der Waals surface area contributed by atoms with Crippen molar-refractivity contribution in [3.63, 3.8) is 0 Å². The summed E-state index contributed by atoms with van der Waals surface area (Å²) in [6.45, 7) is 1.01. The van der Waals surface area contributed by atoms with Crippen molar-refractivity contribution in [1.82, 2.24) is 5.32 Å². The molecule has 1 fully saturated rings. The lowest BCUT2D eigenvalue weighted by atomic mass is 10.1. The number of cyclic esters (lactones) is 1. The van der Waals surface area contributed by atoms with Gasteiger partial charge < -0.3 is 15.8 Å². The predicted molar refractivity (Wildman–Crippen MR) is 66.2 cm³/mol. The first-order valence-corrected chi connectivity index (χ1v) is 5.66. The summed E-state index contributed by atoms with van der Waals surface area (Å²) in [6.07, 6.45) is 3.86. The van der Waals surface area contributed by atoms with E-state index in [-0.39, 0.29) is 12.0 Å². The summed E-state index contributed by atoms with van der Waals surface area (Å²) in [4.78, 5) is 11.4. The van der Waals surface area contributed by atoms with Crippen molar-refractivity contribution < 1.29 is 9.53 Å². The van der Waals surface area contributed by atoms with Crippen LogP contribution in [0.4, 0.5) is 0 Å². The standard InChI is InChI=1S/C13H16N2O2/c14-12-11(15-8-9-17-13(12)16)7-6-10-4-2-1-3-5-10/h1-7,11-12,15H,8-9,14H2/b7-6+/t11-,12+/m1/s1. The van der Waals surface area contributed by atoms with E-state index in [1.807, 2.05) is 42.5 Å². The summed E-state index contributed by atoms with van der Waals surface area (Å²) in [5.74, 6) is -0.349. The molecule has 0 bridgehead atoms. The lowest BCUT2D eigenvalue weighted by Crippen LogP contribution is -2.46. The van der Waals surface area contributed by atoms with E-state index in [1.54, 1.807) is 0 Å². The molecule has 2 atom stereocenters.